The molecule has 1 aromatic carbocycles. The Balaban J connectivity index is 2.00. The fraction of sp³-hybridized carbons (Fsp3) is 0.556. The summed E-state index contributed by atoms with van der Waals surface area (Å²) in [5.74, 6) is 0.419. The lowest BCUT2D eigenvalue weighted by Gasteiger charge is -2.26. The predicted octanol–water partition coefficient (Wildman–Crippen LogP) is 2.33. The molecule has 0 heterocycles. The normalized spacial score (nSPS) is 19.8. The van der Waals surface area contributed by atoms with Crippen molar-refractivity contribution in [2.24, 2.45) is 11.8 Å². The lowest BCUT2D eigenvalue weighted by molar-refractivity contribution is -0.143. The molecule has 0 radical (unpaired) electrons. The van der Waals surface area contributed by atoms with E-state index in [9.17, 15) is 9.59 Å². The van der Waals surface area contributed by atoms with Gasteiger partial charge in [-0.3, -0.25) is 9.59 Å². The van der Waals surface area contributed by atoms with Crippen LogP contribution in [-0.2, 0) is 4.79 Å². The van der Waals surface area contributed by atoms with Gasteiger partial charge in [-0.05, 0) is 31.6 Å². The minimum atomic E-state index is -0.724. The average Bonchev–Trinajstić information content (AvgIpc) is 2.65. The number of hydrogen-bond donors (Lipinski definition) is 2. The number of carbonyl (C=O) groups is 2. The summed E-state index contributed by atoms with van der Waals surface area (Å²) in [6.07, 6.45) is 2.94. The summed E-state index contributed by atoms with van der Waals surface area (Å²) < 4.78 is 15.7. The van der Waals surface area contributed by atoms with E-state index in [0.29, 0.717) is 48.1 Å². The van der Waals surface area contributed by atoms with Gasteiger partial charge in [0.05, 0.1) is 32.8 Å². The van der Waals surface area contributed by atoms with Crippen LogP contribution in [0.25, 0.3) is 0 Å². The summed E-state index contributed by atoms with van der Waals surface area (Å²) in [5, 5.41) is 11.9. The maximum Gasteiger partial charge on any atom is 0.306 e. The summed E-state index contributed by atoms with van der Waals surface area (Å²) >= 11 is 0. The Morgan fingerprint density at radius 1 is 1.00 bits per heavy atom. The van der Waals surface area contributed by atoms with E-state index < -0.39 is 5.97 Å². The number of hydrogen-bond acceptors (Lipinski definition) is 5. The van der Waals surface area contributed by atoms with Crippen LogP contribution in [0.15, 0.2) is 12.1 Å². The largest absolute Gasteiger partial charge is 0.496 e. The second-order valence-corrected chi connectivity index (χ2v) is 6.17. The molecule has 7 nitrogen and oxygen atoms in total. The number of carbonyl (C=O) groups excluding carboxylic acids is 1. The van der Waals surface area contributed by atoms with E-state index in [4.69, 9.17) is 19.3 Å². The van der Waals surface area contributed by atoms with Crippen molar-refractivity contribution in [2.75, 3.05) is 27.9 Å². The highest BCUT2D eigenvalue weighted by Crippen LogP contribution is 2.34. The van der Waals surface area contributed by atoms with Gasteiger partial charge in [0.2, 0.25) is 0 Å². The molecular weight excluding hydrogens is 326 g/mol. The summed E-state index contributed by atoms with van der Waals surface area (Å²) in [6, 6.07) is 3.21. The molecule has 1 aliphatic rings. The lowest BCUT2D eigenvalue weighted by Crippen LogP contribution is -2.32. The summed E-state index contributed by atoms with van der Waals surface area (Å²) in [5.41, 5.74) is 0.374. The Hall–Kier alpha value is -2.44. The number of rotatable bonds is 7. The standard InChI is InChI=1S/C18H25NO6/c1-23-14-9-16(25-3)15(24-2)8-13(14)17(20)19-10-11-4-6-12(7-5-11)18(21)22/h8-9,11-12H,4-7,10H2,1-3H3,(H,19,20)(H,21,22). The molecule has 138 valence electrons. The third-order valence-electron chi connectivity index (χ3n) is 4.70. The molecule has 0 aromatic heterocycles. The van der Waals surface area contributed by atoms with Crippen LogP contribution in [0, 0.1) is 11.8 Å². The van der Waals surface area contributed by atoms with Crippen LogP contribution in [0.2, 0.25) is 0 Å². The Morgan fingerprint density at radius 3 is 2.08 bits per heavy atom. The summed E-state index contributed by atoms with van der Waals surface area (Å²) in [7, 11) is 4.52. The molecule has 0 atom stereocenters. The molecular formula is C18H25NO6. The summed E-state index contributed by atoms with van der Waals surface area (Å²) in [6.45, 7) is 0.517. The number of carboxylic acid groups (broad SMARTS) is 1. The first kappa shape index (κ1) is 18.9. The molecule has 1 aromatic rings. The molecule has 0 unspecified atom stereocenters. The highest BCUT2D eigenvalue weighted by Gasteiger charge is 2.26. The van der Waals surface area contributed by atoms with Crippen LogP contribution < -0.4 is 19.5 Å². The molecule has 2 N–H and O–H groups in total. The summed E-state index contributed by atoms with van der Waals surface area (Å²) in [4.78, 5) is 23.5. The Kier molecular flexibility index (Phi) is 6.50. The van der Waals surface area contributed by atoms with Gasteiger partial charge in [0, 0.05) is 18.7 Å². The van der Waals surface area contributed by atoms with Crippen molar-refractivity contribution in [2.45, 2.75) is 25.7 Å². The van der Waals surface area contributed by atoms with Gasteiger partial charge in [-0.2, -0.15) is 0 Å². The highest BCUT2D eigenvalue weighted by molar-refractivity contribution is 5.97. The van der Waals surface area contributed by atoms with Crippen molar-refractivity contribution in [3.8, 4) is 17.2 Å². The van der Waals surface area contributed by atoms with Gasteiger partial charge < -0.3 is 24.6 Å². The SMILES string of the molecule is COc1cc(OC)c(C(=O)NCC2CCC(C(=O)O)CC2)cc1OC. The quantitative estimate of drug-likeness (QED) is 0.783. The first-order valence-electron chi connectivity index (χ1n) is 8.31. The van der Waals surface area contributed by atoms with E-state index in [0.717, 1.165) is 12.8 Å². The van der Waals surface area contributed by atoms with Crippen molar-refractivity contribution in [3.63, 3.8) is 0 Å². The van der Waals surface area contributed by atoms with E-state index in [2.05, 4.69) is 5.32 Å². The van der Waals surface area contributed by atoms with Gasteiger partial charge in [-0.15, -0.1) is 0 Å². The van der Waals surface area contributed by atoms with Crippen LogP contribution in [0.4, 0.5) is 0 Å². The smallest absolute Gasteiger partial charge is 0.306 e. The van der Waals surface area contributed by atoms with E-state index in [1.807, 2.05) is 0 Å². The lowest BCUT2D eigenvalue weighted by atomic mass is 9.82. The zero-order valence-electron chi connectivity index (χ0n) is 14.8. The van der Waals surface area contributed by atoms with Gasteiger partial charge in [-0.1, -0.05) is 0 Å². The van der Waals surface area contributed by atoms with Crippen molar-refractivity contribution < 1.29 is 28.9 Å². The first-order chi connectivity index (χ1) is 12.0. The fourth-order valence-corrected chi connectivity index (χ4v) is 3.15. The number of benzene rings is 1. The highest BCUT2D eigenvalue weighted by atomic mass is 16.5. The predicted molar refractivity (Wildman–Crippen MR) is 91.5 cm³/mol. The van der Waals surface area contributed by atoms with Crippen molar-refractivity contribution in [1.29, 1.82) is 0 Å². The van der Waals surface area contributed by atoms with Gasteiger partial charge in [0.25, 0.3) is 5.91 Å². The van der Waals surface area contributed by atoms with Crippen LogP contribution >= 0.6 is 0 Å². The number of nitrogens with one attached hydrogen (secondary N) is 1. The van der Waals surface area contributed by atoms with E-state index >= 15 is 0 Å². The Morgan fingerprint density at radius 2 is 1.56 bits per heavy atom. The van der Waals surface area contributed by atoms with Gasteiger partial charge >= 0.3 is 5.97 Å². The molecule has 25 heavy (non-hydrogen) atoms. The van der Waals surface area contributed by atoms with Crippen molar-refractivity contribution in [3.05, 3.63) is 17.7 Å². The maximum absolute atomic E-state index is 12.5. The second-order valence-electron chi connectivity index (χ2n) is 6.17. The van der Waals surface area contributed by atoms with Crippen LogP contribution in [0.1, 0.15) is 36.0 Å². The number of ether oxygens (including phenoxy) is 3. The zero-order chi connectivity index (χ0) is 18.4. The Bertz CT molecular complexity index is 622. The Labute approximate surface area is 147 Å². The van der Waals surface area contributed by atoms with Crippen LogP contribution in [-0.4, -0.2) is 44.9 Å². The van der Waals surface area contributed by atoms with Crippen LogP contribution in [0.3, 0.4) is 0 Å². The fourth-order valence-electron chi connectivity index (χ4n) is 3.15. The minimum absolute atomic E-state index is 0.252. The molecule has 0 saturated heterocycles. The zero-order valence-corrected chi connectivity index (χ0v) is 14.8. The monoisotopic (exact) mass is 351 g/mol. The maximum atomic E-state index is 12.5. The second kappa shape index (κ2) is 8.60. The van der Waals surface area contributed by atoms with Crippen molar-refractivity contribution in [1.82, 2.24) is 5.32 Å². The number of amides is 1. The molecule has 0 spiro atoms. The molecule has 1 amide bonds. The van der Waals surface area contributed by atoms with E-state index in [1.165, 1.54) is 21.3 Å². The third-order valence-corrected chi connectivity index (χ3v) is 4.70. The number of methoxy groups -OCH3 is 3. The average molecular weight is 351 g/mol. The number of carboxylic acids is 1. The molecule has 2 rings (SSSR count). The number of aliphatic carboxylic acids is 1. The third kappa shape index (κ3) is 4.55. The van der Waals surface area contributed by atoms with Gasteiger partial charge in [0.1, 0.15) is 5.75 Å². The minimum Gasteiger partial charge on any atom is -0.496 e. The van der Waals surface area contributed by atoms with E-state index in [1.54, 1.807) is 12.1 Å². The van der Waals surface area contributed by atoms with E-state index in [-0.39, 0.29) is 11.8 Å². The molecule has 7 heteroatoms. The molecule has 0 aliphatic heterocycles. The topological polar surface area (TPSA) is 94.1 Å². The van der Waals surface area contributed by atoms with Gasteiger partial charge in [-0.25, -0.2) is 0 Å². The first-order valence-corrected chi connectivity index (χ1v) is 8.31. The molecule has 1 aliphatic carbocycles. The van der Waals surface area contributed by atoms with Gasteiger partial charge in [0.15, 0.2) is 11.5 Å². The van der Waals surface area contributed by atoms with Crippen molar-refractivity contribution >= 4 is 11.9 Å². The van der Waals surface area contributed by atoms with Crippen LogP contribution in [0.5, 0.6) is 17.2 Å². The molecule has 1 saturated carbocycles. The molecule has 0 bridgehead atoms. The molecule has 1 fully saturated rings.